The van der Waals surface area contributed by atoms with Crippen molar-refractivity contribution in [3.63, 3.8) is 0 Å². The van der Waals surface area contributed by atoms with E-state index >= 15 is 0 Å². The summed E-state index contributed by atoms with van der Waals surface area (Å²) in [5.74, 6) is -0.263. The summed E-state index contributed by atoms with van der Waals surface area (Å²) in [5.41, 5.74) is 7.07. The molecule has 4 heteroatoms. The molecule has 15 heavy (non-hydrogen) atoms. The molecule has 1 rings (SSSR count). The lowest BCUT2D eigenvalue weighted by Gasteiger charge is -2.11. The average Bonchev–Trinajstić information content (AvgIpc) is 2.26. The first-order valence-corrected chi connectivity index (χ1v) is 4.75. The number of nitrogens with two attached hydrogens (primary N) is 1. The number of aliphatic carboxylic acids is 1. The fraction of sp³-hybridized carbons (Fsp3) is 0.364. The van der Waals surface area contributed by atoms with E-state index in [4.69, 9.17) is 15.6 Å². The van der Waals surface area contributed by atoms with Gasteiger partial charge in [0, 0.05) is 0 Å². The van der Waals surface area contributed by atoms with Gasteiger partial charge in [-0.2, -0.15) is 0 Å². The number of ether oxygens (including phenoxy) is 1. The van der Waals surface area contributed by atoms with Gasteiger partial charge in [0.25, 0.3) is 0 Å². The first-order valence-electron chi connectivity index (χ1n) is 4.75. The first kappa shape index (κ1) is 11.5. The molecule has 1 aromatic rings. The van der Waals surface area contributed by atoms with Crippen molar-refractivity contribution >= 4 is 5.97 Å². The molecule has 0 radical (unpaired) electrons. The van der Waals surface area contributed by atoms with E-state index in [1.54, 1.807) is 25.3 Å². The van der Waals surface area contributed by atoms with Crippen molar-refractivity contribution < 1.29 is 14.6 Å². The minimum atomic E-state index is -1.03. The maximum absolute atomic E-state index is 10.7. The molecule has 0 amide bonds. The van der Waals surface area contributed by atoms with Gasteiger partial charge in [-0.15, -0.1) is 0 Å². The van der Waals surface area contributed by atoms with E-state index in [1.807, 2.05) is 6.92 Å². The van der Waals surface area contributed by atoms with E-state index in [-0.39, 0.29) is 0 Å². The molecule has 0 aliphatic rings. The Balaban J connectivity index is 3.07. The molecule has 1 atom stereocenters. The number of aryl methyl sites for hydroxylation is 1. The van der Waals surface area contributed by atoms with Crippen LogP contribution in [-0.2, 0) is 11.2 Å². The summed E-state index contributed by atoms with van der Waals surface area (Å²) < 4.78 is 5.14. The number of carboxylic acid groups (broad SMARTS) is 1. The van der Waals surface area contributed by atoms with Gasteiger partial charge in [-0.25, -0.2) is 0 Å². The minimum absolute atomic E-state index is 0.597. The average molecular weight is 209 g/mol. The molecule has 0 aliphatic carbocycles. The van der Waals surface area contributed by atoms with Crippen LogP contribution in [0.15, 0.2) is 18.2 Å². The molecule has 0 aromatic heterocycles. The van der Waals surface area contributed by atoms with Crippen molar-refractivity contribution in [1.29, 1.82) is 0 Å². The van der Waals surface area contributed by atoms with E-state index in [0.717, 1.165) is 17.7 Å². The number of benzene rings is 1. The zero-order valence-electron chi connectivity index (χ0n) is 8.86. The van der Waals surface area contributed by atoms with E-state index in [9.17, 15) is 4.79 Å². The van der Waals surface area contributed by atoms with Crippen molar-refractivity contribution in [2.45, 2.75) is 19.4 Å². The highest BCUT2D eigenvalue weighted by molar-refractivity contribution is 5.75. The Labute approximate surface area is 88.7 Å². The molecule has 4 nitrogen and oxygen atoms in total. The quantitative estimate of drug-likeness (QED) is 0.784. The van der Waals surface area contributed by atoms with Crippen LogP contribution in [0.4, 0.5) is 0 Å². The fourth-order valence-corrected chi connectivity index (χ4v) is 1.41. The van der Waals surface area contributed by atoms with Crippen LogP contribution in [0.25, 0.3) is 0 Å². The summed E-state index contributed by atoms with van der Waals surface area (Å²) in [5, 5.41) is 8.77. The molecule has 0 spiro atoms. The summed E-state index contributed by atoms with van der Waals surface area (Å²) in [6, 6.07) is 4.23. The highest BCUT2D eigenvalue weighted by Crippen LogP contribution is 2.23. The largest absolute Gasteiger partial charge is 0.496 e. The Kier molecular flexibility index (Phi) is 3.68. The van der Waals surface area contributed by atoms with Gasteiger partial charge in [0.05, 0.1) is 7.11 Å². The van der Waals surface area contributed by atoms with Crippen LogP contribution in [0, 0.1) is 0 Å². The minimum Gasteiger partial charge on any atom is -0.496 e. The maximum Gasteiger partial charge on any atom is 0.325 e. The molecule has 0 saturated heterocycles. The van der Waals surface area contributed by atoms with Gasteiger partial charge < -0.3 is 15.6 Å². The molecule has 1 unspecified atom stereocenters. The second-order valence-corrected chi connectivity index (χ2v) is 3.24. The summed E-state index contributed by atoms with van der Waals surface area (Å²) in [6.07, 6.45) is 0.781. The fourth-order valence-electron chi connectivity index (χ4n) is 1.41. The molecule has 0 fully saturated rings. The molecule has 3 N–H and O–H groups in total. The molecule has 0 bridgehead atoms. The molecular weight excluding hydrogens is 194 g/mol. The Morgan fingerprint density at radius 1 is 1.60 bits per heavy atom. The third kappa shape index (κ3) is 2.47. The Morgan fingerprint density at radius 3 is 2.73 bits per heavy atom. The zero-order chi connectivity index (χ0) is 11.4. The third-order valence-electron chi connectivity index (χ3n) is 2.31. The topological polar surface area (TPSA) is 72.6 Å². The van der Waals surface area contributed by atoms with E-state index < -0.39 is 12.0 Å². The molecule has 0 aliphatic heterocycles. The van der Waals surface area contributed by atoms with Gasteiger partial charge in [0.1, 0.15) is 11.8 Å². The summed E-state index contributed by atoms with van der Waals surface area (Å²) >= 11 is 0. The van der Waals surface area contributed by atoms with Crippen LogP contribution in [-0.4, -0.2) is 18.2 Å². The van der Waals surface area contributed by atoms with Crippen molar-refractivity contribution in [1.82, 2.24) is 0 Å². The Morgan fingerprint density at radius 2 is 2.27 bits per heavy atom. The predicted molar refractivity (Wildman–Crippen MR) is 56.9 cm³/mol. The second-order valence-electron chi connectivity index (χ2n) is 3.24. The van der Waals surface area contributed by atoms with Crippen LogP contribution >= 0.6 is 0 Å². The smallest absolute Gasteiger partial charge is 0.325 e. The number of rotatable bonds is 4. The van der Waals surface area contributed by atoms with Crippen LogP contribution in [0.2, 0.25) is 0 Å². The third-order valence-corrected chi connectivity index (χ3v) is 2.31. The number of hydrogen-bond acceptors (Lipinski definition) is 3. The van der Waals surface area contributed by atoms with Crippen molar-refractivity contribution in [2.24, 2.45) is 5.73 Å². The van der Waals surface area contributed by atoms with Crippen LogP contribution in [0.3, 0.4) is 0 Å². The zero-order valence-corrected chi connectivity index (χ0v) is 8.86. The van der Waals surface area contributed by atoms with Gasteiger partial charge in [-0.1, -0.05) is 13.0 Å². The second kappa shape index (κ2) is 4.79. The summed E-state index contributed by atoms with van der Waals surface area (Å²) in [6.45, 7) is 1.98. The molecule has 0 saturated carbocycles. The lowest BCUT2D eigenvalue weighted by molar-refractivity contribution is -0.138. The lowest BCUT2D eigenvalue weighted by atomic mass is 10.0. The van der Waals surface area contributed by atoms with Gasteiger partial charge in [0.15, 0.2) is 0 Å². The monoisotopic (exact) mass is 209 g/mol. The molecule has 82 valence electrons. The van der Waals surface area contributed by atoms with Gasteiger partial charge in [0.2, 0.25) is 0 Å². The highest BCUT2D eigenvalue weighted by atomic mass is 16.5. The number of carbonyl (C=O) groups is 1. The van der Waals surface area contributed by atoms with Gasteiger partial charge >= 0.3 is 5.97 Å². The van der Waals surface area contributed by atoms with E-state index in [1.165, 1.54) is 0 Å². The summed E-state index contributed by atoms with van der Waals surface area (Å²) in [7, 11) is 1.59. The number of carboxylic acids is 1. The first-order chi connectivity index (χ1) is 7.10. The van der Waals surface area contributed by atoms with Crippen LogP contribution in [0.5, 0.6) is 5.75 Å². The Bertz CT molecular complexity index is 363. The summed E-state index contributed by atoms with van der Waals surface area (Å²) in [4.78, 5) is 10.7. The molecular formula is C11H15NO3. The van der Waals surface area contributed by atoms with E-state index in [0.29, 0.717) is 5.56 Å². The molecule has 0 heterocycles. The lowest BCUT2D eigenvalue weighted by Crippen LogP contribution is -2.20. The van der Waals surface area contributed by atoms with E-state index in [2.05, 4.69) is 0 Å². The van der Waals surface area contributed by atoms with Crippen LogP contribution in [0.1, 0.15) is 24.1 Å². The van der Waals surface area contributed by atoms with Crippen molar-refractivity contribution in [3.8, 4) is 5.75 Å². The predicted octanol–water partition coefficient (Wildman–Crippen LogP) is 1.34. The normalized spacial score (nSPS) is 12.2. The van der Waals surface area contributed by atoms with Gasteiger partial charge in [-0.3, -0.25) is 4.79 Å². The number of hydrogen-bond donors (Lipinski definition) is 2. The van der Waals surface area contributed by atoms with Crippen molar-refractivity contribution in [2.75, 3.05) is 7.11 Å². The molecule has 1 aromatic carbocycles. The highest BCUT2D eigenvalue weighted by Gasteiger charge is 2.15. The van der Waals surface area contributed by atoms with Crippen LogP contribution < -0.4 is 10.5 Å². The standard InChI is InChI=1S/C11H15NO3/c1-3-7-6-8(10(12)11(13)14)4-5-9(7)15-2/h4-6,10H,3,12H2,1-2H3,(H,13,14). The number of methoxy groups -OCH3 is 1. The maximum atomic E-state index is 10.7. The van der Waals surface area contributed by atoms with Gasteiger partial charge in [-0.05, 0) is 29.7 Å². The SMILES string of the molecule is CCc1cc(C(N)C(=O)O)ccc1OC. The Hall–Kier alpha value is -1.55. The van der Waals surface area contributed by atoms with Crippen molar-refractivity contribution in [3.05, 3.63) is 29.3 Å².